The van der Waals surface area contributed by atoms with E-state index in [4.69, 9.17) is 11.6 Å². The molecule has 0 unspecified atom stereocenters. The number of carbonyl (C=O) groups excluding carboxylic acids is 1. The Morgan fingerprint density at radius 2 is 2.27 bits per heavy atom. The van der Waals surface area contributed by atoms with Gasteiger partial charge in [0.15, 0.2) is 0 Å². The summed E-state index contributed by atoms with van der Waals surface area (Å²) in [6.45, 7) is 6.33. The first kappa shape index (κ1) is 12.5. The molecule has 4 heteroatoms. The average molecular weight is 246 g/mol. The maximum absolute atomic E-state index is 11.7. The van der Waals surface area contributed by atoms with Gasteiger partial charge in [0.2, 0.25) is 5.91 Å². The first-order valence-corrected chi connectivity index (χ1v) is 6.26. The molecule has 1 heterocycles. The Kier molecular flexibility index (Phi) is 4.17. The number of hydrogen-bond donors (Lipinski definition) is 1. The van der Waals surface area contributed by atoms with E-state index in [1.807, 2.05) is 26.2 Å². The lowest BCUT2D eigenvalue weighted by Gasteiger charge is -2.20. The van der Waals surface area contributed by atoms with E-state index in [0.29, 0.717) is 12.4 Å². The van der Waals surface area contributed by atoms with Gasteiger partial charge in [-0.15, -0.1) is 22.9 Å². The molecular formula is C11H16ClNOS. The molecule has 1 N–H and O–H groups in total. The Balaban J connectivity index is 2.52. The van der Waals surface area contributed by atoms with E-state index in [1.165, 1.54) is 10.4 Å². The summed E-state index contributed by atoms with van der Waals surface area (Å²) >= 11 is 7.38. The van der Waals surface area contributed by atoms with Crippen LogP contribution in [-0.2, 0) is 11.3 Å². The molecule has 0 saturated heterocycles. The van der Waals surface area contributed by atoms with Gasteiger partial charge in [0.05, 0.1) is 12.0 Å². The largest absolute Gasteiger partial charge is 0.351 e. The standard InChI is InChI=1S/C11H16ClNOS/c1-8-4-5-15-9(8)6-13-10(14)11(2,3)7-12/h4-5H,6-7H2,1-3H3,(H,13,14). The summed E-state index contributed by atoms with van der Waals surface area (Å²) in [6, 6.07) is 2.05. The van der Waals surface area contributed by atoms with Crippen LogP contribution in [0.5, 0.6) is 0 Å². The Morgan fingerprint density at radius 1 is 1.60 bits per heavy atom. The lowest BCUT2D eigenvalue weighted by Crippen LogP contribution is -2.37. The van der Waals surface area contributed by atoms with Gasteiger partial charge in [-0.2, -0.15) is 0 Å². The monoisotopic (exact) mass is 245 g/mol. The summed E-state index contributed by atoms with van der Waals surface area (Å²) in [5, 5.41) is 4.94. The van der Waals surface area contributed by atoms with Gasteiger partial charge in [-0.1, -0.05) is 0 Å². The van der Waals surface area contributed by atoms with Gasteiger partial charge < -0.3 is 5.32 Å². The highest BCUT2D eigenvalue weighted by atomic mass is 35.5. The molecule has 1 aromatic heterocycles. The van der Waals surface area contributed by atoms with Crippen LogP contribution in [-0.4, -0.2) is 11.8 Å². The number of hydrogen-bond acceptors (Lipinski definition) is 2. The number of aryl methyl sites for hydroxylation is 1. The van der Waals surface area contributed by atoms with Gasteiger partial charge in [0.1, 0.15) is 0 Å². The summed E-state index contributed by atoms with van der Waals surface area (Å²) in [6.07, 6.45) is 0. The van der Waals surface area contributed by atoms with Crippen LogP contribution in [0.4, 0.5) is 0 Å². The molecule has 15 heavy (non-hydrogen) atoms. The molecule has 84 valence electrons. The van der Waals surface area contributed by atoms with Crippen molar-refractivity contribution >= 4 is 28.8 Å². The molecule has 0 atom stereocenters. The molecule has 0 aromatic carbocycles. The van der Waals surface area contributed by atoms with Gasteiger partial charge in [-0.3, -0.25) is 4.79 Å². The molecule has 2 nitrogen and oxygen atoms in total. The fourth-order valence-corrected chi connectivity index (χ4v) is 2.01. The van der Waals surface area contributed by atoms with Crippen molar-refractivity contribution in [2.75, 3.05) is 5.88 Å². The number of carbonyl (C=O) groups is 1. The van der Waals surface area contributed by atoms with Crippen molar-refractivity contribution in [3.8, 4) is 0 Å². The zero-order chi connectivity index (χ0) is 11.5. The molecule has 1 rings (SSSR count). The fraction of sp³-hybridized carbons (Fsp3) is 0.545. The predicted molar refractivity (Wildman–Crippen MR) is 65.4 cm³/mol. The number of halogens is 1. The Labute approximate surface area is 99.6 Å². The van der Waals surface area contributed by atoms with Crippen LogP contribution in [0, 0.1) is 12.3 Å². The summed E-state index contributed by atoms with van der Waals surface area (Å²) in [5.41, 5.74) is 0.733. The molecular weight excluding hydrogens is 230 g/mol. The second-order valence-electron chi connectivity index (χ2n) is 4.23. The van der Waals surface area contributed by atoms with Crippen LogP contribution in [0.3, 0.4) is 0 Å². The third kappa shape index (κ3) is 3.21. The van der Waals surface area contributed by atoms with Crippen LogP contribution in [0.1, 0.15) is 24.3 Å². The normalized spacial score (nSPS) is 11.5. The topological polar surface area (TPSA) is 29.1 Å². The molecule has 0 aliphatic heterocycles. The van der Waals surface area contributed by atoms with E-state index in [-0.39, 0.29) is 5.91 Å². The maximum Gasteiger partial charge on any atom is 0.227 e. The van der Waals surface area contributed by atoms with Crippen LogP contribution >= 0.6 is 22.9 Å². The predicted octanol–water partition coefficient (Wildman–Crippen LogP) is 2.94. The SMILES string of the molecule is Cc1ccsc1CNC(=O)C(C)(C)CCl. The first-order chi connectivity index (χ1) is 6.97. The van der Waals surface area contributed by atoms with Crippen LogP contribution in [0.15, 0.2) is 11.4 Å². The summed E-state index contributed by atoms with van der Waals surface area (Å²) in [4.78, 5) is 12.9. The van der Waals surface area contributed by atoms with E-state index in [2.05, 4.69) is 11.4 Å². The molecule has 0 spiro atoms. The van der Waals surface area contributed by atoms with Crippen molar-refractivity contribution in [2.24, 2.45) is 5.41 Å². The molecule has 0 radical (unpaired) electrons. The summed E-state index contributed by atoms with van der Waals surface area (Å²) in [5.74, 6) is 0.340. The molecule has 0 saturated carbocycles. The highest BCUT2D eigenvalue weighted by Crippen LogP contribution is 2.19. The molecule has 0 aliphatic carbocycles. The lowest BCUT2D eigenvalue weighted by atomic mass is 9.95. The van der Waals surface area contributed by atoms with Crippen LogP contribution in [0.2, 0.25) is 0 Å². The lowest BCUT2D eigenvalue weighted by molar-refractivity contribution is -0.128. The quantitative estimate of drug-likeness (QED) is 0.812. The number of rotatable bonds is 4. The van der Waals surface area contributed by atoms with Gasteiger partial charge in [0, 0.05) is 10.8 Å². The minimum Gasteiger partial charge on any atom is -0.351 e. The number of amides is 1. The van der Waals surface area contributed by atoms with E-state index in [0.717, 1.165) is 0 Å². The molecule has 0 fully saturated rings. The molecule has 1 aromatic rings. The second-order valence-corrected chi connectivity index (χ2v) is 5.49. The van der Waals surface area contributed by atoms with E-state index in [1.54, 1.807) is 11.3 Å². The van der Waals surface area contributed by atoms with Gasteiger partial charge in [-0.05, 0) is 37.8 Å². The highest BCUT2D eigenvalue weighted by molar-refractivity contribution is 7.10. The van der Waals surface area contributed by atoms with Crippen LogP contribution < -0.4 is 5.32 Å². The zero-order valence-corrected chi connectivity index (χ0v) is 10.8. The van der Waals surface area contributed by atoms with Gasteiger partial charge in [0.25, 0.3) is 0 Å². The van der Waals surface area contributed by atoms with Gasteiger partial charge in [-0.25, -0.2) is 0 Å². The zero-order valence-electron chi connectivity index (χ0n) is 9.26. The summed E-state index contributed by atoms with van der Waals surface area (Å²) in [7, 11) is 0. The average Bonchev–Trinajstić information content (AvgIpc) is 2.60. The second kappa shape index (κ2) is 4.99. The molecule has 1 amide bonds. The first-order valence-electron chi connectivity index (χ1n) is 4.84. The maximum atomic E-state index is 11.7. The third-order valence-electron chi connectivity index (χ3n) is 2.33. The Hall–Kier alpha value is -0.540. The van der Waals surface area contributed by atoms with Crippen molar-refractivity contribution in [1.29, 1.82) is 0 Å². The Morgan fingerprint density at radius 3 is 2.73 bits per heavy atom. The van der Waals surface area contributed by atoms with E-state index < -0.39 is 5.41 Å². The summed E-state index contributed by atoms with van der Waals surface area (Å²) < 4.78 is 0. The van der Waals surface area contributed by atoms with E-state index >= 15 is 0 Å². The minimum absolute atomic E-state index is 0.00491. The number of nitrogens with one attached hydrogen (secondary N) is 1. The fourth-order valence-electron chi connectivity index (χ4n) is 1.05. The van der Waals surface area contributed by atoms with Crippen molar-refractivity contribution < 1.29 is 4.79 Å². The minimum atomic E-state index is -0.493. The van der Waals surface area contributed by atoms with Crippen molar-refractivity contribution in [2.45, 2.75) is 27.3 Å². The highest BCUT2D eigenvalue weighted by Gasteiger charge is 2.26. The van der Waals surface area contributed by atoms with Crippen molar-refractivity contribution in [3.63, 3.8) is 0 Å². The molecule has 0 aliphatic rings. The third-order valence-corrected chi connectivity index (χ3v) is 4.02. The Bertz CT molecular complexity index is 346. The number of thiophene rings is 1. The number of alkyl halides is 1. The van der Waals surface area contributed by atoms with Gasteiger partial charge >= 0.3 is 0 Å². The van der Waals surface area contributed by atoms with Crippen molar-refractivity contribution in [1.82, 2.24) is 5.32 Å². The van der Waals surface area contributed by atoms with Crippen LogP contribution in [0.25, 0.3) is 0 Å². The molecule has 0 bridgehead atoms. The van der Waals surface area contributed by atoms with E-state index in [9.17, 15) is 4.79 Å². The van der Waals surface area contributed by atoms with Crippen molar-refractivity contribution in [3.05, 3.63) is 21.9 Å². The smallest absolute Gasteiger partial charge is 0.227 e.